The number of nitrogens with one attached hydrogen (secondary N) is 1. The highest BCUT2D eigenvalue weighted by atomic mass is 19.4. The average molecular weight is 460 g/mol. The molecule has 33 heavy (non-hydrogen) atoms. The van der Waals surface area contributed by atoms with E-state index in [1.54, 1.807) is 0 Å². The second kappa shape index (κ2) is 9.59. The minimum atomic E-state index is -4.45. The van der Waals surface area contributed by atoms with Crippen LogP contribution in [0.25, 0.3) is 5.57 Å². The molecule has 2 unspecified atom stereocenters. The molecule has 7 heteroatoms. The molecule has 1 aliphatic carbocycles. The Morgan fingerprint density at radius 2 is 2.09 bits per heavy atom. The number of aliphatic hydroxyl groups excluding tert-OH is 1. The minimum Gasteiger partial charge on any atom is -0.493 e. The van der Waals surface area contributed by atoms with E-state index in [1.165, 1.54) is 23.3 Å². The highest BCUT2D eigenvalue weighted by Gasteiger charge is 2.32. The van der Waals surface area contributed by atoms with Crippen LogP contribution in [0.2, 0.25) is 0 Å². The molecule has 4 nitrogen and oxygen atoms in total. The molecule has 2 aliphatic rings. The molecule has 2 atom stereocenters. The molecule has 2 aromatic rings. The van der Waals surface area contributed by atoms with Crippen LogP contribution in [0.1, 0.15) is 59.9 Å². The van der Waals surface area contributed by atoms with Gasteiger partial charge in [0.05, 0.1) is 18.3 Å². The number of aliphatic hydroxyl groups is 1. The Kier molecular flexibility index (Phi) is 6.79. The van der Waals surface area contributed by atoms with Crippen LogP contribution in [0.15, 0.2) is 42.5 Å². The normalized spacial score (nSPS) is 20.3. The lowest BCUT2D eigenvalue weighted by atomic mass is 9.83. The van der Waals surface area contributed by atoms with Crippen LogP contribution in [-0.2, 0) is 23.8 Å². The summed E-state index contributed by atoms with van der Waals surface area (Å²) in [4.78, 5) is 12.7. The SMILES string of the molecule is CC(CNC(=O)/C=C1\CCCOc2cc(C(F)(F)F)ccc21)c1cccc2c1CC(O)CC2. The van der Waals surface area contributed by atoms with Crippen molar-refractivity contribution in [2.45, 2.75) is 57.2 Å². The highest BCUT2D eigenvalue weighted by Crippen LogP contribution is 2.38. The van der Waals surface area contributed by atoms with Gasteiger partial charge in [0.25, 0.3) is 0 Å². The predicted molar refractivity (Wildman–Crippen MR) is 120 cm³/mol. The van der Waals surface area contributed by atoms with Crippen molar-refractivity contribution in [1.82, 2.24) is 5.32 Å². The molecule has 0 fully saturated rings. The van der Waals surface area contributed by atoms with Gasteiger partial charge in [0.15, 0.2) is 0 Å². The zero-order valence-electron chi connectivity index (χ0n) is 18.5. The third-order valence-electron chi connectivity index (χ3n) is 6.42. The summed E-state index contributed by atoms with van der Waals surface area (Å²) in [5.74, 6) is -0.0645. The fourth-order valence-electron chi connectivity index (χ4n) is 4.64. The number of halogens is 3. The first-order chi connectivity index (χ1) is 15.7. The van der Waals surface area contributed by atoms with E-state index in [-0.39, 0.29) is 23.7 Å². The Bertz CT molecular complexity index is 1060. The molecule has 2 aromatic carbocycles. The number of carbonyl (C=O) groups is 1. The Morgan fingerprint density at radius 1 is 1.27 bits per heavy atom. The van der Waals surface area contributed by atoms with Gasteiger partial charge in [-0.2, -0.15) is 13.2 Å². The molecule has 0 aromatic heterocycles. The molecule has 0 saturated carbocycles. The molecule has 1 aliphatic heterocycles. The summed E-state index contributed by atoms with van der Waals surface area (Å²) < 4.78 is 44.7. The second-order valence-corrected chi connectivity index (χ2v) is 8.86. The maximum atomic E-state index is 13.1. The first kappa shape index (κ1) is 23.4. The number of hydrogen-bond donors (Lipinski definition) is 2. The largest absolute Gasteiger partial charge is 0.493 e. The maximum Gasteiger partial charge on any atom is 0.416 e. The van der Waals surface area contributed by atoms with Gasteiger partial charge in [-0.1, -0.05) is 31.2 Å². The van der Waals surface area contributed by atoms with Gasteiger partial charge in [0, 0.05) is 18.2 Å². The number of aryl methyl sites for hydroxylation is 1. The van der Waals surface area contributed by atoms with Gasteiger partial charge in [-0.05, 0) is 72.4 Å². The molecule has 1 heterocycles. The van der Waals surface area contributed by atoms with Crippen molar-refractivity contribution in [2.24, 2.45) is 0 Å². The van der Waals surface area contributed by atoms with Crippen molar-refractivity contribution in [3.8, 4) is 5.75 Å². The van der Waals surface area contributed by atoms with Crippen LogP contribution in [0.5, 0.6) is 5.75 Å². The lowest BCUT2D eigenvalue weighted by molar-refractivity contribution is -0.137. The van der Waals surface area contributed by atoms with E-state index in [0.717, 1.165) is 30.5 Å². The van der Waals surface area contributed by atoms with E-state index in [0.29, 0.717) is 43.6 Å². The molecule has 1 amide bonds. The Morgan fingerprint density at radius 3 is 2.88 bits per heavy atom. The zero-order valence-corrected chi connectivity index (χ0v) is 18.5. The molecule has 176 valence electrons. The molecule has 0 spiro atoms. The van der Waals surface area contributed by atoms with Gasteiger partial charge < -0.3 is 15.2 Å². The van der Waals surface area contributed by atoms with Crippen molar-refractivity contribution in [3.05, 3.63) is 70.3 Å². The minimum absolute atomic E-state index is 0.0618. The number of ether oxygens (including phenoxy) is 1. The van der Waals surface area contributed by atoms with Crippen LogP contribution in [0.3, 0.4) is 0 Å². The van der Waals surface area contributed by atoms with Gasteiger partial charge in [-0.15, -0.1) is 0 Å². The summed E-state index contributed by atoms with van der Waals surface area (Å²) in [6, 6.07) is 9.56. The number of allylic oxidation sites excluding steroid dienone is 1. The topological polar surface area (TPSA) is 58.6 Å². The standard InChI is InChI=1S/C26H28F3NO3/c1-16(21-6-2-4-17-7-9-20(31)14-23(17)21)15-30-25(32)12-18-5-3-11-33-24-13-19(26(27,28)29)8-10-22(18)24/h2,4,6,8,10,12-13,16,20,31H,3,5,7,9,11,14-15H2,1H3,(H,30,32)/b18-12+. The number of fused-ring (bicyclic) bond motifs is 2. The maximum absolute atomic E-state index is 13.1. The average Bonchev–Trinajstić information content (AvgIpc) is 2.98. The van der Waals surface area contributed by atoms with Crippen LogP contribution in [-0.4, -0.2) is 30.3 Å². The number of carbonyl (C=O) groups excluding carboxylic acids is 1. The molecular formula is C26H28F3NO3. The molecular weight excluding hydrogens is 431 g/mol. The van der Waals surface area contributed by atoms with Gasteiger partial charge in [-0.25, -0.2) is 0 Å². The monoisotopic (exact) mass is 459 g/mol. The van der Waals surface area contributed by atoms with Crippen LogP contribution < -0.4 is 10.1 Å². The van der Waals surface area contributed by atoms with E-state index in [9.17, 15) is 23.1 Å². The third-order valence-corrected chi connectivity index (χ3v) is 6.42. The quantitative estimate of drug-likeness (QED) is 0.631. The summed E-state index contributed by atoms with van der Waals surface area (Å²) in [7, 11) is 0. The van der Waals surface area contributed by atoms with E-state index >= 15 is 0 Å². The first-order valence-corrected chi connectivity index (χ1v) is 11.3. The predicted octanol–water partition coefficient (Wildman–Crippen LogP) is 5.03. The first-order valence-electron chi connectivity index (χ1n) is 11.3. The van der Waals surface area contributed by atoms with Crippen molar-refractivity contribution < 1.29 is 27.8 Å². The summed E-state index contributed by atoms with van der Waals surface area (Å²) in [5.41, 5.74) is 3.98. The Labute approximate surface area is 191 Å². The van der Waals surface area contributed by atoms with E-state index in [1.807, 2.05) is 19.1 Å². The number of rotatable bonds is 4. The molecule has 0 bridgehead atoms. The summed E-state index contributed by atoms with van der Waals surface area (Å²) in [6.45, 7) is 2.76. The number of amides is 1. The second-order valence-electron chi connectivity index (χ2n) is 8.86. The number of alkyl halides is 3. The summed E-state index contributed by atoms with van der Waals surface area (Å²) in [5, 5.41) is 13.0. The third kappa shape index (κ3) is 5.41. The molecule has 4 rings (SSSR count). The van der Waals surface area contributed by atoms with Crippen molar-refractivity contribution in [3.63, 3.8) is 0 Å². The van der Waals surface area contributed by atoms with E-state index in [2.05, 4.69) is 11.4 Å². The molecule has 0 saturated heterocycles. The Balaban J connectivity index is 1.47. The summed E-state index contributed by atoms with van der Waals surface area (Å²) in [6.07, 6.45) is 0.102. The number of benzene rings is 2. The van der Waals surface area contributed by atoms with Crippen LogP contribution in [0, 0.1) is 0 Å². The number of hydrogen-bond acceptors (Lipinski definition) is 3. The van der Waals surface area contributed by atoms with Gasteiger partial charge in [0.2, 0.25) is 5.91 Å². The smallest absolute Gasteiger partial charge is 0.416 e. The van der Waals surface area contributed by atoms with E-state index < -0.39 is 11.7 Å². The fraction of sp³-hybridized carbons (Fsp3) is 0.423. The lowest BCUT2D eigenvalue weighted by Gasteiger charge is -2.26. The van der Waals surface area contributed by atoms with Gasteiger partial charge >= 0.3 is 6.18 Å². The fourth-order valence-corrected chi connectivity index (χ4v) is 4.64. The van der Waals surface area contributed by atoms with Crippen LogP contribution in [0.4, 0.5) is 13.2 Å². The zero-order chi connectivity index (χ0) is 23.6. The Hall–Kier alpha value is -2.80. The van der Waals surface area contributed by atoms with Crippen molar-refractivity contribution in [2.75, 3.05) is 13.2 Å². The van der Waals surface area contributed by atoms with Gasteiger partial charge in [-0.3, -0.25) is 4.79 Å². The van der Waals surface area contributed by atoms with E-state index in [4.69, 9.17) is 4.74 Å². The van der Waals surface area contributed by atoms with Crippen molar-refractivity contribution in [1.29, 1.82) is 0 Å². The lowest BCUT2D eigenvalue weighted by Crippen LogP contribution is -2.27. The van der Waals surface area contributed by atoms with Crippen molar-refractivity contribution >= 4 is 11.5 Å². The summed E-state index contributed by atoms with van der Waals surface area (Å²) >= 11 is 0. The molecule has 0 radical (unpaired) electrons. The van der Waals surface area contributed by atoms with Gasteiger partial charge in [0.1, 0.15) is 5.75 Å². The molecule has 2 N–H and O–H groups in total. The van der Waals surface area contributed by atoms with Crippen LogP contribution >= 0.6 is 0 Å². The highest BCUT2D eigenvalue weighted by molar-refractivity contribution is 5.96.